The highest BCUT2D eigenvalue weighted by Crippen LogP contribution is 2.75. The molecule has 5 aliphatic rings. The van der Waals surface area contributed by atoms with E-state index < -0.39 is 5.97 Å². The van der Waals surface area contributed by atoms with E-state index in [0.29, 0.717) is 22.7 Å². The van der Waals surface area contributed by atoms with Gasteiger partial charge in [0, 0.05) is 5.41 Å². The van der Waals surface area contributed by atoms with E-state index in [2.05, 4.69) is 61.5 Å². The summed E-state index contributed by atoms with van der Waals surface area (Å²) in [7, 11) is 1.40. The number of ether oxygens (including phenoxy) is 2. The van der Waals surface area contributed by atoms with Crippen LogP contribution in [0.4, 0.5) is 0 Å². The van der Waals surface area contributed by atoms with Crippen molar-refractivity contribution in [1.82, 2.24) is 0 Å². The molecule has 2 N–H and O–H groups in total. The van der Waals surface area contributed by atoms with Crippen molar-refractivity contribution in [2.45, 2.75) is 126 Å². The Morgan fingerprint density at radius 1 is 0.814 bits per heavy atom. The summed E-state index contributed by atoms with van der Waals surface area (Å²) in [6, 6.07) is 2.71. The van der Waals surface area contributed by atoms with Crippen LogP contribution in [0.3, 0.4) is 0 Å². The molecule has 4 saturated carbocycles. The van der Waals surface area contributed by atoms with E-state index in [1.54, 1.807) is 5.57 Å². The molecule has 0 spiro atoms. The molecule has 0 amide bonds. The summed E-state index contributed by atoms with van der Waals surface area (Å²) >= 11 is 0. The van der Waals surface area contributed by atoms with Crippen LogP contribution in [0.1, 0.15) is 130 Å². The van der Waals surface area contributed by atoms with Gasteiger partial charge in [0.2, 0.25) is 5.75 Å². The van der Waals surface area contributed by atoms with E-state index in [0.717, 1.165) is 25.2 Å². The Labute approximate surface area is 259 Å². The van der Waals surface area contributed by atoms with Gasteiger partial charge in [-0.1, -0.05) is 67.0 Å². The summed E-state index contributed by atoms with van der Waals surface area (Å²) in [4.78, 5) is 13.4. The molecule has 0 heterocycles. The van der Waals surface area contributed by atoms with E-state index in [1.807, 2.05) is 0 Å². The number of benzene rings is 1. The van der Waals surface area contributed by atoms with Crippen molar-refractivity contribution in [2.24, 2.45) is 50.2 Å². The molecule has 8 atom stereocenters. The average Bonchev–Trinajstić information content (AvgIpc) is 2.92. The Morgan fingerprint density at radius 2 is 1.47 bits per heavy atom. The number of phenols is 2. The van der Waals surface area contributed by atoms with Crippen LogP contribution in [0.25, 0.3) is 0 Å². The second-order valence-electron chi connectivity index (χ2n) is 17.7. The first-order chi connectivity index (χ1) is 19.9. The van der Waals surface area contributed by atoms with E-state index in [-0.39, 0.29) is 50.6 Å². The van der Waals surface area contributed by atoms with Crippen LogP contribution >= 0.6 is 0 Å². The van der Waals surface area contributed by atoms with Gasteiger partial charge in [0.05, 0.1) is 12.7 Å². The van der Waals surface area contributed by atoms with Crippen LogP contribution in [-0.2, 0) is 4.74 Å². The van der Waals surface area contributed by atoms with Crippen molar-refractivity contribution in [3.8, 4) is 17.2 Å². The Balaban J connectivity index is 1.27. The average molecular weight is 593 g/mol. The summed E-state index contributed by atoms with van der Waals surface area (Å²) in [6.07, 6.45) is 14.7. The number of hydrogen-bond donors (Lipinski definition) is 2. The molecule has 238 valence electrons. The Kier molecular flexibility index (Phi) is 6.93. The molecule has 6 rings (SSSR count). The maximum atomic E-state index is 13.4. The van der Waals surface area contributed by atoms with Gasteiger partial charge in [-0.25, -0.2) is 4.79 Å². The number of hydrogen-bond acceptors (Lipinski definition) is 5. The lowest BCUT2D eigenvalue weighted by Crippen LogP contribution is -2.63. The second kappa shape index (κ2) is 9.66. The molecule has 1 aromatic carbocycles. The maximum Gasteiger partial charge on any atom is 0.338 e. The molecular formula is C38H56O5. The van der Waals surface area contributed by atoms with Crippen molar-refractivity contribution in [3.05, 3.63) is 29.3 Å². The summed E-state index contributed by atoms with van der Waals surface area (Å²) in [5.41, 5.74) is 3.37. The van der Waals surface area contributed by atoms with Crippen LogP contribution in [0, 0.1) is 50.2 Å². The zero-order valence-electron chi connectivity index (χ0n) is 28.2. The van der Waals surface area contributed by atoms with Gasteiger partial charge in [-0.2, -0.15) is 0 Å². The SMILES string of the molecule is COc1cc(C(=O)OC2CCC3(C)C4CCC5(C)C(=CCC6(C)CCC(C)(C)CC65)C4(C)CCC3C2(C)C)cc(O)c1O. The number of rotatable bonds is 3. The number of aromatic hydroxyl groups is 2. The van der Waals surface area contributed by atoms with Gasteiger partial charge >= 0.3 is 5.97 Å². The first kappa shape index (κ1) is 30.8. The Hall–Kier alpha value is -2.17. The highest BCUT2D eigenvalue weighted by Gasteiger charge is 2.67. The first-order valence-electron chi connectivity index (χ1n) is 16.9. The molecular weight excluding hydrogens is 536 g/mol. The predicted molar refractivity (Wildman–Crippen MR) is 170 cm³/mol. The zero-order chi connectivity index (χ0) is 31.4. The van der Waals surface area contributed by atoms with E-state index in [4.69, 9.17) is 9.47 Å². The molecule has 4 fully saturated rings. The van der Waals surface area contributed by atoms with Crippen molar-refractivity contribution in [1.29, 1.82) is 0 Å². The van der Waals surface area contributed by atoms with Gasteiger partial charge in [0.1, 0.15) is 6.10 Å². The molecule has 0 radical (unpaired) electrons. The van der Waals surface area contributed by atoms with Gasteiger partial charge in [-0.15, -0.1) is 0 Å². The minimum atomic E-state index is -0.477. The monoisotopic (exact) mass is 592 g/mol. The van der Waals surface area contributed by atoms with Gasteiger partial charge in [0.25, 0.3) is 0 Å². The van der Waals surface area contributed by atoms with Gasteiger partial charge < -0.3 is 19.7 Å². The topological polar surface area (TPSA) is 76.0 Å². The lowest BCUT2D eigenvalue weighted by Gasteiger charge is -2.70. The quantitative estimate of drug-likeness (QED) is 0.208. The van der Waals surface area contributed by atoms with Crippen molar-refractivity contribution in [2.75, 3.05) is 7.11 Å². The number of fused-ring (bicyclic) bond motifs is 7. The highest BCUT2D eigenvalue weighted by molar-refractivity contribution is 5.91. The smallest absolute Gasteiger partial charge is 0.338 e. The summed E-state index contributed by atoms with van der Waals surface area (Å²) < 4.78 is 11.4. The Morgan fingerprint density at radius 3 is 2.14 bits per heavy atom. The number of esters is 1. The summed E-state index contributed by atoms with van der Waals surface area (Å²) in [5.74, 6) is 0.686. The van der Waals surface area contributed by atoms with E-state index in [9.17, 15) is 15.0 Å². The molecule has 1 aromatic rings. The summed E-state index contributed by atoms with van der Waals surface area (Å²) in [6.45, 7) is 20.1. The molecule has 0 aromatic heterocycles. The fraction of sp³-hybridized carbons (Fsp3) is 0.763. The highest BCUT2D eigenvalue weighted by atomic mass is 16.5. The number of allylic oxidation sites excluding steroid dienone is 2. The second-order valence-corrected chi connectivity index (χ2v) is 17.7. The van der Waals surface area contributed by atoms with Crippen molar-refractivity contribution >= 4 is 5.97 Å². The molecule has 0 aliphatic heterocycles. The van der Waals surface area contributed by atoms with Crippen LogP contribution < -0.4 is 4.74 Å². The van der Waals surface area contributed by atoms with E-state index in [1.165, 1.54) is 64.2 Å². The third-order valence-corrected chi connectivity index (χ3v) is 14.4. The van der Waals surface area contributed by atoms with Crippen molar-refractivity contribution < 1.29 is 24.5 Å². The van der Waals surface area contributed by atoms with Gasteiger partial charge in [-0.3, -0.25) is 0 Å². The van der Waals surface area contributed by atoms with Crippen LogP contribution in [0.15, 0.2) is 23.8 Å². The Bertz CT molecular complexity index is 1340. The van der Waals surface area contributed by atoms with Gasteiger partial charge in [0.15, 0.2) is 11.5 Å². The lowest BCUT2D eigenvalue weighted by atomic mass is 9.34. The summed E-state index contributed by atoms with van der Waals surface area (Å²) in [5, 5.41) is 20.2. The van der Waals surface area contributed by atoms with Crippen LogP contribution in [-0.4, -0.2) is 29.4 Å². The first-order valence-corrected chi connectivity index (χ1v) is 16.9. The lowest BCUT2D eigenvalue weighted by molar-refractivity contribution is -0.184. The van der Waals surface area contributed by atoms with Crippen LogP contribution in [0.2, 0.25) is 0 Å². The predicted octanol–water partition coefficient (Wildman–Crippen LogP) is 9.45. The molecule has 0 bridgehead atoms. The molecule has 43 heavy (non-hydrogen) atoms. The number of carbonyl (C=O) groups is 1. The standard InChI is InChI=1S/C38H56O5/c1-33(2)18-19-35(5)14-10-27-37(7)15-11-26-34(3,4)30(43-32(41)23-20-24(39)31(40)25(21-23)42-9)13-17-36(26,6)28(37)12-16-38(27,8)29(35)22-33/h10,20-21,26,28-30,39-40H,11-19,22H2,1-9H3. The number of carbonyl (C=O) groups excluding carboxylic acids is 1. The number of phenolic OH excluding ortho intramolecular Hbond substituents is 2. The fourth-order valence-electron chi connectivity index (χ4n) is 12.1. The minimum Gasteiger partial charge on any atom is -0.504 e. The molecule has 8 unspecified atom stereocenters. The minimum absolute atomic E-state index is 0.0624. The largest absolute Gasteiger partial charge is 0.504 e. The number of methoxy groups -OCH3 is 1. The molecule has 5 nitrogen and oxygen atoms in total. The van der Waals surface area contributed by atoms with Crippen LogP contribution in [0.5, 0.6) is 17.2 Å². The molecule has 5 aliphatic carbocycles. The molecule has 0 saturated heterocycles. The maximum absolute atomic E-state index is 13.4. The normalized spacial score (nSPS) is 42.8. The zero-order valence-corrected chi connectivity index (χ0v) is 28.2. The van der Waals surface area contributed by atoms with Crippen molar-refractivity contribution in [3.63, 3.8) is 0 Å². The third kappa shape index (κ3) is 4.40. The fourth-order valence-corrected chi connectivity index (χ4v) is 12.1. The molecule has 5 heteroatoms. The third-order valence-electron chi connectivity index (χ3n) is 14.4. The van der Waals surface area contributed by atoms with Gasteiger partial charge in [-0.05, 0) is 121 Å². The van der Waals surface area contributed by atoms with E-state index >= 15 is 0 Å².